The molecule has 1 aromatic heterocycles. The van der Waals surface area contributed by atoms with Gasteiger partial charge in [0.25, 0.3) is 0 Å². The molecule has 0 aromatic carbocycles. The molecule has 158 valence electrons. The van der Waals surface area contributed by atoms with E-state index in [0.717, 1.165) is 44.4 Å². The number of aromatic nitrogens is 2. The summed E-state index contributed by atoms with van der Waals surface area (Å²) < 4.78 is 5.27. The second-order valence-electron chi connectivity index (χ2n) is 7.42. The molecule has 1 rings (SSSR count). The first kappa shape index (κ1) is 26.1. The molecule has 0 aliphatic heterocycles. The Balaban J connectivity index is 0.00000676. The van der Waals surface area contributed by atoms with Crippen molar-refractivity contribution in [1.29, 1.82) is 0 Å². The van der Waals surface area contributed by atoms with Gasteiger partial charge in [0.05, 0.1) is 0 Å². The van der Waals surface area contributed by atoms with Crippen molar-refractivity contribution in [3.8, 4) is 0 Å². The summed E-state index contributed by atoms with van der Waals surface area (Å²) in [4.78, 5) is 11.6. The summed E-state index contributed by atoms with van der Waals surface area (Å²) >= 11 is 0. The maximum absolute atomic E-state index is 5.27. The average molecular weight is 494 g/mol. The molecule has 0 radical (unpaired) electrons. The standard InChI is InChI=1S/C19H38N6O.HI/c1-8-20-19(21-11-9-13-25(15(4)5)16(6)7)22-12-10-17-23-18(14(2)3)24-26-17;/h14-16H,8-13H2,1-7H3,(H2,20,21,22);1H. The van der Waals surface area contributed by atoms with Crippen LogP contribution in [-0.2, 0) is 6.42 Å². The lowest BCUT2D eigenvalue weighted by Crippen LogP contribution is -2.39. The van der Waals surface area contributed by atoms with E-state index < -0.39 is 0 Å². The highest BCUT2D eigenvalue weighted by Gasteiger charge is 2.12. The summed E-state index contributed by atoms with van der Waals surface area (Å²) in [6.07, 6.45) is 1.74. The van der Waals surface area contributed by atoms with Crippen molar-refractivity contribution in [2.45, 2.75) is 79.3 Å². The van der Waals surface area contributed by atoms with Crippen LogP contribution >= 0.6 is 24.0 Å². The fraction of sp³-hybridized carbons (Fsp3) is 0.842. The van der Waals surface area contributed by atoms with Crippen LogP contribution in [0.5, 0.6) is 0 Å². The van der Waals surface area contributed by atoms with Crippen LogP contribution in [0.15, 0.2) is 9.52 Å². The Hall–Kier alpha value is -0.900. The van der Waals surface area contributed by atoms with Crippen LogP contribution in [0.1, 0.15) is 72.5 Å². The number of guanidine groups is 1. The van der Waals surface area contributed by atoms with Crippen molar-refractivity contribution in [1.82, 2.24) is 25.7 Å². The van der Waals surface area contributed by atoms with E-state index in [4.69, 9.17) is 4.52 Å². The molecule has 0 bridgehead atoms. The fourth-order valence-electron chi connectivity index (χ4n) is 2.79. The minimum atomic E-state index is 0. The summed E-state index contributed by atoms with van der Waals surface area (Å²) in [5.74, 6) is 2.56. The SMILES string of the molecule is CCNC(=NCCCN(C(C)C)C(C)C)NCCc1nc(C(C)C)no1.I. The molecule has 7 nitrogen and oxygen atoms in total. The first-order valence-corrected chi connectivity index (χ1v) is 9.95. The lowest BCUT2D eigenvalue weighted by Gasteiger charge is -2.30. The van der Waals surface area contributed by atoms with Gasteiger partial charge in [-0.2, -0.15) is 4.98 Å². The van der Waals surface area contributed by atoms with Gasteiger partial charge in [-0.15, -0.1) is 24.0 Å². The van der Waals surface area contributed by atoms with E-state index in [1.807, 2.05) is 0 Å². The number of nitrogens with one attached hydrogen (secondary N) is 2. The highest BCUT2D eigenvalue weighted by atomic mass is 127. The van der Waals surface area contributed by atoms with Crippen LogP contribution in [0.4, 0.5) is 0 Å². The van der Waals surface area contributed by atoms with Gasteiger partial charge in [0, 0.05) is 50.6 Å². The lowest BCUT2D eigenvalue weighted by molar-refractivity contribution is 0.174. The maximum atomic E-state index is 5.27. The number of hydrogen-bond acceptors (Lipinski definition) is 5. The van der Waals surface area contributed by atoms with E-state index in [1.165, 1.54) is 0 Å². The molecule has 0 atom stereocenters. The monoisotopic (exact) mass is 494 g/mol. The Morgan fingerprint density at radius 2 is 1.78 bits per heavy atom. The minimum absolute atomic E-state index is 0. The molecular formula is C19H39IN6O. The smallest absolute Gasteiger partial charge is 0.228 e. The summed E-state index contributed by atoms with van der Waals surface area (Å²) in [5, 5.41) is 10.6. The maximum Gasteiger partial charge on any atom is 0.228 e. The molecule has 0 amide bonds. The van der Waals surface area contributed by atoms with Gasteiger partial charge in [-0.3, -0.25) is 9.89 Å². The van der Waals surface area contributed by atoms with E-state index >= 15 is 0 Å². The number of aliphatic imine (C=N–C) groups is 1. The fourth-order valence-corrected chi connectivity index (χ4v) is 2.79. The van der Waals surface area contributed by atoms with Gasteiger partial charge in [0.2, 0.25) is 5.89 Å². The zero-order valence-electron chi connectivity index (χ0n) is 18.1. The third-order valence-corrected chi connectivity index (χ3v) is 4.15. The Labute approximate surface area is 182 Å². The predicted octanol–water partition coefficient (Wildman–Crippen LogP) is 3.42. The average Bonchev–Trinajstić information content (AvgIpc) is 3.03. The van der Waals surface area contributed by atoms with E-state index in [9.17, 15) is 0 Å². The lowest BCUT2D eigenvalue weighted by atomic mass is 10.2. The molecule has 0 saturated heterocycles. The van der Waals surface area contributed by atoms with E-state index in [2.05, 4.69) is 79.1 Å². The van der Waals surface area contributed by atoms with Crippen LogP contribution in [-0.4, -0.2) is 59.3 Å². The van der Waals surface area contributed by atoms with Crippen LogP contribution in [0.3, 0.4) is 0 Å². The molecule has 0 fully saturated rings. The van der Waals surface area contributed by atoms with Crippen molar-refractivity contribution in [3.05, 3.63) is 11.7 Å². The highest BCUT2D eigenvalue weighted by Crippen LogP contribution is 2.09. The Morgan fingerprint density at radius 1 is 1.11 bits per heavy atom. The van der Waals surface area contributed by atoms with Gasteiger partial charge >= 0.3 is 0 Å². The second kappa shape index (κ2) is 14.1. The summed E-state index contributed by atoms with van der Waals surface area (Å²) in [6, 6.07) is 1.13. The van der Waals surface area contributed by atoms with Gasteiger partial charge < -0.3 is 15.2 Å². The quantitative estimate of drug-likeness (QED) is 0.213. The number of rotatable bonds is 11. The number of nitrogens with zero attached hydrogens (tertiary/aromatic N) is 4. The van der Waals surface area contributed by atoms with Crippen molar-refractivity contribution >= 4 is 29.9 Å². The topological polar surface area (TPSA) is 78.6 Å². The highest BCUT2D eigenvalue weighted by molar-refractivity contribution is 14.0. The van der Waals surface area contributed by atoms with E-state index in [0.29, 0.717) is 24.4 Å². The van der Waals surface area contributed by atoms with Gasteiger partial charge in [-0.05, 0) is 41.0 Å². The Bertz CT molecular complexity index is 522. The normalized spacial score (nSPS) is 12.2. The Morgan fingerprint density at radius 3 is 2.30 bits per heavy atom. The zero-order chi connectivity index (χ0) is 19.5. The zero-order valence-corrected chi connectivity index (χ0v) is 20.4. The predicted molar refractivity (Wildman–Crippen MR) is 123 cm³/mol. The second-order valence-corrected chi connectivity index (χ2v) is 7.42. The van der Waals surface area contributed by atoms with Crippen molar-refractivity contribution < 1.29 is 4.52 Å². The molecule has 8 heteroatoms. The first-order valence-electron chi connectivity index (χ1n) is 9.95. The molecule has 0 aliphatic carbocycles. The van der Waals surface area contributed by atoms with Gasteiger partial charge in [0.15, 0.2) is 11.8 Å². The first-order chi connectivity index (χ1) is 12.3. The largest absolute Gasteiger partial charge is 0.357 e. The molecule has 2 N–H and O–H groups in total. The number of hydrogen-bond donors (Lipinski definition) is 2. The minimum Gasteiger partial charge on any atom is -0.357 e. The molecule has 0 spiro atoms. The number of halogens is 1. The molecule has 1 heterocycles. The van der Waals surface area contributed by atoms with Gasteiger partial charge in [-0.25, -0.2) is 0 Å². The van der Waals surface area contributed by atoms with Crippen LogP contribution < -0.4 is 10.6 Å². The van der Waals surface area contributed by atoms with Crippen LogP contribution in [0.25, 0.3) is 0 Å². The summed E-state index contributed by atoms with van der Waals surface area (Å²) in [6.45, 7) is 18.6. The molecule has 0 unspecified atom stereocenters. The van der Waals surface area contributed by atoms with E-state index in [-0.39, 0.29) is 29.9 Å². The van der Waals surface area contributed by atoms with Crippen LogP contribution in [0.2, 0.25) is 0 Å². The van der Waals surface area contributed by atoms with Gasteiger partial charge in [0.1, 0.15) is 0 Å². The summed E-state index contributed by atoms with van der Waals surface area (Å²) in [7, 11) is 0. The molecule has 0 aliphatic rings. The molecule has 0 saturated carbocycles. The van der Waals surface area contributed by atoms with Crippen molar-refractivity contribution in [3.63, 3.8) is 0 Å². The van der Waals surface area contributed by atoms with E-state index in [1.54, 1.807) is 0 Å². The van der Waals surface area contributed by atoms with Crippen molar-refractivity contribution in [2.24, 2.45) is 4.99 Å². The third kappa shape index (κ3) is 10.3. The van der Waals surface area contributed by atoms with Gasteiger partial charge in [-0.1, -0.05) is 19.0 Å². The molecular weight excluding hydrogens is 455 g/mol. The molecule has 1 aromatic rings. The molecule has 27 heavy (non-hydrogen) atoms. The van der Waals surface area contributed by atoms with Crippen LogP contribution in [0, 0.1) is 0 Å². The summed E-state index contributed by atoms with van der Waals surface area (Å²) in [5.41, 5.74) is 0. The Kier molecular flexibility index (Phi) is 13.7. The van der Waals surface area contributed by atoms with Crippen molar-refractivity contribution in [2.75, 3.05) is 26.2 Å². The third-order valence-electron chi connectivity index (χ3n) is 4.15.